The molecule has 130 valence electrons. The van der Waals surface area contributed by atoms with Crippen LogP contribution in [0.25, 0.3) is 0 Å². The second kappa shape index (κ2) is 8.33. The average molecular weight is 333 g/mol. The van der Waals surface area contributed by atoms with Crippen molar-refractivity contribution in [3.8, 4) is 5.75 Å². The number of carbonyl (C=O) groups is 3. The first kappa shape index (κ1) is 17.8. The Hall–Kier alpha value is -2.57. The lowest BCUT2D eigenvalue weighted by Crippen LogP contribution is -2.50. The SMILES string of the molecule is Cc1cccc(OCC(=O)NNC(=O)[C@H]2CCCC[C@H]2C(=O)[O-])c1. The molecule has 0 bridgehead atoms. The number of nitrogens with one attached hydrogen (secondary N) is 2. The number of hydrazine groups is 1. The van der Waals surface area contributed by atoms with Gasteiger partial charge >= 0.3 is 0 Å². The summed E-state index contributed by atoms with van der Waals surface area (Å²) in [6, 6.07) is 7.24. The Kier molecular flexibility index (Phi) is 6.17. The predicted molar refractivity (Wildman–Crippen MR) is 83.4 cm³/mol. The first-order valence-corrected chi connectivity index (χ1v) is 7.96. The van der Waals surface area contributed by atoms with E-state index >= 15 is 0 Å². The van der Waals surface area contributed by atoms with E-state index in [1.54, 1.807) is 12.1 Å². The van der Waals surface area contributed by atoms with Crippen molar-refractivity contribution in [1.82, 2.24) is 10.9 Å². The molecule has 0 saturated heterocycles. The molecule has 7 nitrogen and oxygen atoms in total. The molecule has 0 spiro atoms. The summed E-state index contributed by atoms with van der Waals surface area (Å²) < 4.78 is 5.32. The van der Waals surface area contributed by atoms with Crippen molar-refractivity contribution >= 4 is 17.8 Å². The fraction of sp³-hybridized carbons (Fsp3) is 0.471. The first-order chi connectivity index (χ1) is 11.5. The average Bonchev–Trinajstić information content (AvgIpc) is 2.58. The summed E-state index contributed by atoms with van der Waals surface area (Å²) in [6.45, 7) is 1.66. The molecule has 1 aliphatic carbocycles. The maximum absolute atomic E-state index is 12.1. The number of benzene rings is 1. The molecule has 1 saturated carbocycles. The van der Waals surface area contributed by atoms with Crippen LogP contribution in [-0.2, 0) is 14.4 Å². The topological polar surface area (TPSA) is 108 Å². The van der Waals surface area contributed by atoms with Gasteiger partial charge in [-0.25, -0.2) is 0 Å². The number of rotatable bonds is 5. The molecule has 2 atom stereocenters. The Balaban J connectivity index is 1.78. The number of aryl methyl sites for hydroxylation is 1. The molecule has 2 N–H and O–H groups in total. The van der Waals surface area contributed by atoms with Gasteiger partial charge in [0.05, 0.1) is 0 Å². The second-order valence-electron chi connectivity index (χ2n) is 5.96. The lowest BCUT2D eigenvalue weighted by atomic mass is 9.79. The molecule has 0 unspecified atom stereocenters. The summed E-state index contributed by atoms with van der Waals surface area (Å²) in [5, 5.41) is 11.1. The zero-order valence-electron chi connectivity index (χ0n) is 13.5. The van der Waals surface area contributed by atoms with Crippen molar-refractivity contribution in [2.45, 2.75) is 32.6 Å². The summed E-state index contributed by atoms with van der Waals surface area (Å²) in [5.74, 6) is -3.18. The summed E-state index contributed by atoms with van der Waals surface area (Å²) in [5.41, 5.74) is 5.53. The van der Waals surface area contributed by atoms with E-state index in [4.69, 9.17) is 4.74 Å². The number of aliphatic carboxylic acids is 1. The van der Waals surface area contributed by atoms with Gasteiger partial charge in [0.1, 0.15) is 5.75 Å². The van der Waals surface area contributed by atoms with Gasteiger partial charge < -0.3 is 14.6 Å². The van der Waals surface area contributed by atoms with Crippen LogP contribution in [0.4, 0.5) is 0 Å². The lowest BCUT2D eigenvalue weighted by molar-refractivity contribution is -0.314. The monoisotopic (exact) mass is 333 g/mol. The van der Waals surface area contributed by atoms with Crippen LogP contribution in [0, 0.1) is 18.8 Å². The highest BCUT2D eigenvalue weighted by molar-refractivity contribution is 5.87. The van der Waals surface area contributed by atoms with Gasteiger partial charge in [-0.3, -0.25) is 20.4 Å². The maximum atomic E-state index is 12.1. The predicted octanol–water partition coefficient (Wildman–Crippen LogP) is 0.0775. The van der Waals surface area contributed by atoms with E-state index in [2.05, 4.69) is 10.9 Å². The summed E-state index contributed by atoms with van der Waals surface area (Å²) in [4.78, 5) is 34.9. The highest BCUT2D eigenvalue weighted by Gasteiger charge is 2.31. The molecular formula is C17H21N2O5-. The minimum absolute atomic E-state index is 0.252. The van der Waals surface area contributed by atoms with E-state index in [1.807, 2.05) is 19.1 Å². The third-order valence-electron chi connectivity index (χ3n) is 4.09. The van der Waals surface area contributed by atoms with E-state index in [0.29, 0.717) is 18.6 Å². The summed E-state index contributed by atoms with van der Waals surface area (Å²) in [7, 11) is 0. The van der Waals surface area contributed by atoms with Crippen molar-refractivity contribution in [2.75, 3.05) is 6.61 Å². The van der Waals surface area contributed by atoms with Gasteiger partial charge in [0.25, 0.3) is 5.91 Å². The minimum atomic E-state index is -1.22. The van der Waals surface area contributed by atoms with Gasteiger partial charge in [-0.2, -0.15) is 0 Å². The number of hydrogen-bond acceptors (Lipinski definition) is 5. The maximum Gasteiger partial charge on any atom is 0.276 e. The molecule has 1 fully saturated rings. The number of ether oxygens (including phenoxy) is 1. The molecule has 1 aliphatic rings. The number of hydrogen-bond donors (Lipinski definition) is 2. The van der Waals surface area contributed by atoms with Crippen molar-refractivity contribution in [1.29, 1.82) is 0 Å². The van der Waals surface area contributed by atoms with Crippen molar-refractivity contribution in [3.63, 3.8) is 0 Å². The molecule has 0 aromatic heterocycles. The molecule has 0 radical (unpaired) electrons. The Morgan fingerprint density at radius 3 is 2.54 bits per heavy atom. The highest BCUT2D eigenvalue weighted by atomic mass is 16.5. The van der Waals surface area contributed by atoms with Crippen LogP contribution in [0.1, 0.15) is 31.2 Å². The molecule has 7 heteroatoms. The van der Waals surface area contributed by atoms with Crippen molar-refractivity contribution in [2.24, 2.45) is 11.8 Å². The quantitative estimate of drug-likeness (QED) is 0.742. The Morgan fingerprint density at radius 2 is 1.88 bits per heavy atom. The van der Waals surface area contributed by atoms with E-state index in [9.17, 15) is 19.5 Å². The Bertz CT molecular complexity index is 617. The van der Waals surface area contributed by atoms with E-state index < -0.39 is 29.6 Å². The van der Waals surface area contributed by atoms with Crippen LogP contribution in [0.2, 0.25) is 0 Å². The van der Waals surface area contributed by atoms with Crippen molar-refractivity contribution < 1.29 is 24.2 Å². The first-order valence-electron chi connectivity index (χ1n) is 7.96. The number of carboxylic acids is 1. The van der Waals surface area contributed by atoms with Crippen LogP contribution < -0.4 is 20.7 Å². The smallest absolute Gasteiger partial charge is 0.276 e. The van der Waals surface area contributed by atoms with Crippen molar-refractivity contribution in [3.05, 3.63) is 29.8 Å². The standard InChI is InChI=1S/C17H22N2O5/c1-11-5-4-6-12(9-11)24-10-15(20)18-19-16(21)13-7-2-3-8-14(13)17(22)23/h4-6,9,13-14H,2-3,7-8,10H2,1H3,(H,18,20)(H,19,21)(H,22,23)/p-1/t13-,14+/m0/s1. The third kappa shape index (κ3) is 4.97. The van der Waals surface area contributed by atoms with Gasteiger partial charge in [-0.15, -0.1) is 0 Å². The fourth-order valence-electron chi connectivity index (χ4n) is 2.84. The molecule has 2 rings (SSSR count). The van der Waals surface area contributed by atoms with E-state index in [-0.39, 0.29) is 6.61 Å². The second-order valence-corrected chi connectivity index (χ2v) is 5.96. The number of carboxylic acid groups (broad SMARTS) is 1. The lowest BCUT2D eigenvalue weighted by Gasteiger charge is -2.31. The molecule has 1 aromatic carbocycles. The van der Waals surface area contributed by atoms with Gasteiger partial charge in [0, 0.05) is 17.8 Å². The van der Waals surface area contributed by atoms with Gasteiger partial charge in [0.2, 0.25) is 5.91 Å². The van der Waals surface area contributed by atoms with Crippen LogP contribution >= 0.6 is 0 Å². The highest BCUT2D eigenvalue weighted by Crippen LogP contribution is 2.29. The summed E-state index contributed by atoms with van der Waals surface area (Å²) >= 11 is 0. The zero-order valence-corrected chi connectivity index (χ0v) is 13.5. The molecule has 1 aromatic rings. The molecule has 0 aliphatic heterocycles. The third-order valence-corrected chi connectivity index (χ3v) is 4.09. The molecule has 24 heavy (non-hydrogen) atoms. The Morgan fingerprint density at radius 1 is 1.17 bits per heavy atom. The summed E-state index contributed by atoms with van der Waals surface area (Å²) in [6.07, 6.45) is 2.44. The van der Waals surface area contributed by atoms with Gasteiger partial charge in [-0.1, -0.05) is 25.0 Å². The van der Waals surface area contributed by atoms with E-state index in [0.717, 1.165) is 18.4 Å². The molecular weight excluding hydrogens is 312 g/mol. The Labute approximate surface area is 140 Å². The van der Waals surface area contributed by atoms with Gasteiger partial charge in [0.15, 0.2) is 6.61 Å². The normalized spacial score (nSPS) is 20.0. The van der Waals surface area contributed by atoms with Crippen LogP contribution in [0.5, 0.6) is 5.75 Å². The van der Waals surface area contributed by atoms with E-state index in [1.165, 1.54) is 0 Å². The fourth-order valence-corrected chi connectivity index (χ4v) is 2.84. The molecule has 0 heterocycles. The minimum Gasteiger partial charge on any atom is -0.550 e. The molecule has 2 amide bonds. The number of carbonyl (C=O) groups excluding carboxylic acids is 3. The van der Waals surface area contributed by atoms with Crippen LogP contribution in [0.3, 0.4) is 0 Å². The van der Waals surface area contributed by atoms with Crippen LogP contribution in [0.15, 0.2) is 24.3 Å². The number of amides is 2. The van der Waals surface area contributed by atoms with Gasteiger partial charge in [-0.05, 0) is 37.5 Å². The van der Waals surface area contributed by atoms with Crippen LogP contribution in [-0.4, -0.2) is 24.4 Å². The largest absolute Gasteiger partial charge is 0.550 e. The zero-order chi connectivity index (χ0) is 17.5.